The van der Waals surface area contributed by atoms with Crippen LogP contribution in [-0.4, -0.2) is 23.9 Å². The summed E-state index contributed by atoms with van der Waals surface area (Å²) in [7, 11) is 1.42. The first-order chi connectivity index (χ1) is 7.65. The summed E-state index contributed by atoms with van der Waals surface area (Å²) < 4.78 is 10.0. The first-order valence-electron chi connectivity index (χ1n) is 4.74. The van der Waals surface area contributed by atoms with Crippen molar-refractivity contribution in [3.8, 4) is 5.75 Å². The second kappa shape index (κ2) is 5.48. The molecule has 1 aromatic heterocycles. The summed E-state index contributed by atoms with van der Waals surface area (Å²) in [5.41, 5.74) is 0.184. The van der Waals surface area contributed by atoms with Crippen molar-refractivity contribution in [1.29, 1.82) is 0 Å². The lowest BCUT2D eigenvalue weighted by molar-refractivity contribution is 0.266. The Labute approximate surface area is 92.6 Å². The zero-order valence-corrected chi connectivity index (χ0v) is 9.19. The minimum Gasteiger partial charge on any atom is -0.496 e. The first kappa shape index (κ1) is 12.5. The lowest BCUT2D eigenvalue weighted by Crippen LogP contribution is -2.10. The van der Waals surface area contributed by atoms with Gasteiger partial charge in [0.05, 0.1) is 31.5 Å². The van der Waals surface area contributed by atoms with Crippen molar-refractivity contribution in [2.45, 2.75) is 13.5 Å². The third kappa shape index (κ3) is 2.32. The molecule has 0 amide bonds. The Morgan fingerprint density at radius 1 is 1.44 bits per heavy atom. The maximum atomic E-state index is 11.4. The van der Waals surface area contributed by atoms with Gasteiger partial charge < -0.3 is 19.4 Å². The molecule has 0 saturated carbocycles. The Kier molecular flexibility index (Phi) is 4.28. The minimum atomic E-state index is -0.522. The van der Waals surface area contributed by atoms with Crippen LogP contribution in [0.1, 0.15) is 16.9 Å². The summed E-state index contributed by atoms with van der Waals surface area (Å²) in [5.74, 6) is 0.514. The van der Waals surface area contributed by atoms with E-state index in [1.165, 1.54) is 19.3 Å². The summed E-state index contributed by atoms with van der Waals surface area (Å²) in [5, 5.41) is 17.8. The first-order valence-corrected chi connectivity index (χ1v) is 4.74. The number of rotatable bonds is 4. The van der Waals surface area contributed by atoms with Crippen molar-refractivity contribution in [2.75, 3.05) is 13.7 Å². The van der Waals surface area contributed by atoms with Crippen LogP contribution in [0.25, 0.3) is 6.08 Å². The molecule has 0 aliphatic carbocycles. The van der Waals surface area contributed by atoms with Gasteiger partial charge >= 0.3 is 5.63 Å². The van der Waals surface area contributed by atoms with Gasteiger partial charge in [-0.1, -0.05) is 6.08 Å². The fraction of sp³-hybridized carbons (Fsp3) is 0.364. The molecule has 0 atom stereocenters. The average Bonchev–Trinajstić information content (AvgIpc) is 2.29. The number of aliphatic hydroxyl groups excluding tert-OH is 2. The van der Waals surface area contributed by atoms with Crippen LogP contribution >= 0.6 is 0 Å². The quantitative estimate of drug-likeness (QED) is 0.779. The molecule has 0 saturated heterocycles. The van der Waals surface area contributed by atoms with E-state index in [0.717, 1.165) is 0 Å². The van der Waals surface area contributed by atoms with Gasteiger partial charge in [0.15, 0.2) is 0 Å². The maximum Gasteiger partial charge on any atom is 0.342 e. The van der Waals surface area contributed by atoms with Crippen LogP contribution in [-0.2, 0) is 6.61 Å². The van der Waals surface area contributed by atoms with Gasteiger partial charge in [0.1, 0.15) is 11.5 Å². The molecule has 0 fully saturated rings. The Hall–Kier alpha value is -1.59. The van der Waals surface area contributed by atoms with Crippen molar-refractivity contribution in [3.63, 3.8) is 0 Å². The number of hydrogen-bond acceptors (Lipinski definition) is 5. The highest BCUT2D eigenvalue weighted by Crippen LogP contribution is 2.24. The van der Waals surface area contributed by atoms with Gasteiger partial charge in [0, 0.05) is 0 Å². The molecule has 1 heterocycles. The van der Waals surface area contributed by atoms with Gasteiger partial charge in [0.2, 0.25) is 0 Å². The van der Waals surface area contributed by atoms with Gasteiger partial charge in [-0.25, -0.2) is 4.79 Å². The summed E-state index contributed by atoms with van der Waals surface area (Å²) in [6.45, 7) is 1.08. The zero-order chi connectivity index (χ0) is 12.1. The number of hydrogen-bond donors (Lipinski definition) is 2. The Morgan fingerprint density at radius 2 is 2.12 bits per heavy atom. The molecule has 5 nitrogen and oxygen atoms in total. The largest absolute Gasteiger partial charge is 0.496 e. The van der Waals surface area contributed by atoms with E-state index >= 15 is 0 Å². The molecule has 0 aromatic carbocycles. The normalized spacial score (nSPS) is 11.0. The van der Waals surface area contributed by atoms with Gasteiger partial charge in [0.25, 0.3) is 0 Å². The van der Waals surface area contributed by atoms with Gasteiger partial charge in [-0.15, -0.1) is 0 Å². The highest BCUT2D eigenvalue weighted by Gasteiger charge is 2.15. The molecule has 88 valence electrons. The molecule has 1 aromatic rings. The lowest BCUT2D eigenvalue weighted by atomic mass is 10.1. The van der Waals surface area contributed by atoms with Crippen LogP contribution in [0.5, 0.6) is 5.75 Å². The predicted molar refractivity (Wildman–Crippen MR) is 58.3 cm³/mol. The van der Waals surface area contributed by atoms with E-state index in [0.29, 0.717) is 16.9 Å². The second-order valence-electron chi connectivity index (χ2n) is 3.13. The van der Waals surface area contributed by atoms with Crippen LogP contribution in [0.3, 0.4) is 0 Å². The Bertz CT molecular complexity index is 444. The average molecular weight is 226 g/mol. The summed E-state index contributed by atoms with van der Waals surface area (Å²) >= 11 is 0. The van der Waals surface area contributed by atoms with Crippen molar-refractivity contribution in [2.24, 2.45) is 0 Å². The fourth-order valence-electron chi connectivity index (χ4n) is 1.39. The molecule has 0 bridgehead atoms. The SMILES string of the molecule is COc1c(CO)c(/C=C/CO)oc(=O)c1C. The summed E-state index contributed by atoms with van der Waals surface area (Å²) in [6, 6.07) is 0. The predicted octanol–water partition coefficient (Wildman–Crippen LogP) is 0.455. The third-order valence-electron chi connectivity index (χ3n) is 2.16. The molecule has 16 heavy (non-hydrogen) atoms. The molecule has 2 N–H and O–H groups in total. The van der Waals surface area contributed by atoms with Crippen LogP contribution < -0.4 is 10.4 Å². The van der Waals surface area contributed by atoms with Crippen molar-refractivity contribution < 1.29 is 19.4 Å². The van der Waals surface area contributed by atoms with E-state index in [1.807, 2.05) is 0 Å². The van der Waals surface area contributed by atoms with E-state index in [4.69, 9.17) is 14.3 Å². The van der Waals surface area contributed by atoms with Gasteiger partial charge in [-0.2, -0.15) is 0 Å². The molecular formula is C11H14O5. The molecule has 0 spiro atoms. The third-order valence-corrected chi connectivity index (χ3v) is 2.16. The van der Waals surface area contributed by atoms with Gasteiger partial charge in [-0.05, 0) is 13.0 Å². The van der Waals surface area contributed by atoms with E-state index in [1.54, 1.807) is 6.92 Å². The number of ether oxygens (including phenoxy) is 1. The van der Waals surface area contributed by atoms with Gasteiger partial charge in [-0.3, -0.25) is 0 Å². The minimum absolute atomic E-state index is 0.176. The Morgan fingerprint density at radius 3 is 2.62 bits per heavy atom. The lowest BCUT2D eigenvalue weighted by Gasteiger charge is -2.10. The number of aliphatic hydroxyl groups is 2. The van der Waals surface area contributed by atoms with Crippen molar-refractivity contribution in [3.05, 3.63) is 33.4 Å². The molecule has 0 radical (unpaired) electrons. The van der Waals surface area contributed by atoms with Crippen molar-refractivity contribution >= 4 is 6.08 Å². The van der Waals surface area contributed by atoms with E-state index < -0.39 is 5.63 Å². The van der Waals surface area contributed by atoms with E-state index in [9.17, 15) is 9.90 Å². The topological polar surface area (TPSA) is 79.9 Å². The number of methoxy groups -OCH3 is 1. The van der Waals surface area contributed by atoms with Crippen LogP contribution in [0, 0.1) is 6.92 Å². The summed E-state index contributed by atoms with van der Waals surface area (Å²) in [4.78, 5) is 11.4. The molecule has 0 aliphatic heterocycles. The summed E-state index contributed by atoms with van der Waals surface area (Å²) in [6.07, 6.45) is 2.83. The van der Waals surface area contributed by atoms with Crippen LogP contribution in [0.4, 0.5) is 0 Å². The molecule has 0 unspecified atom stereocenters. The maximum absolute atomic E-state index is 11.4. The zero-order valence-electron chi connectivity index (χ0n) is 9.19. The van der Waals surface area contributed by atoms with Crippen LogP contribution in [0.2, 0.25) is 0 Å². The molecular weight excluding hydrogens is 212 g/mol. The second-order valence-corrected chi connectivity index (χ2v) is 3.13. The highest BCUT2D eigenvalue weighted by molar-refractivity contribution is 5.53. The smallest absolute Gasteiger partial charge is 0.342 e. The monoisotopic (exact) mass is 226 g/mol. The molecule has 5 heteroatoms. The Balaban J connectivity index is 3.43. The van der Waals surface area contributed by atoms with Crippen molar-refractivity contribution in [1.82, 2.24) is 0 Å². The fourth-order valence-corrected chi connectivity index (χ4v) is 1.39. The van der Waals surface area contributed by atoms with Crippen LogP contribution in [0.15, 0.2) is 15.3 Å². The highest BCUT2D eigenvalue weighted by atomic mass is 16.5. The van der Waals surface area contributed by atoms with E-state index in [-0.39, 0.29) is 19.0 Å². The standard InChI is InChI=1S/C11H14O5/c1-7-10(15-2)8(6-13)9(4-3-5-12)16-11(7)14/h3-4,12-13H,5-6H2,1-2H3/b4-3+. The molecule has 0 aliphatic rings. The van der Waals surface area contributed by atoms with E-state index in [2.05, 4.69) is 0 Å². The molecule has 1 rings (SSSR count).